The van der Waals surface area contributed by atoms with E-state index in [4.69, 9.17) is 10.5 Å². The summed E-state index contributed by atoms with van der Waals surface area (Å²) in [4.78, 5) is 4.00. The van der Waals surface area contributed by atoms with Crippen LogP contribution in [-0.4, -0.2) is 11.6 Å². The number of ether oxygens (including phenoxy) is 1. The van der Waals surface area contributed by atoms with Crippen LogP contribution in [0.15, 0.2) is 42.6 Å². The van der Waals surface area contributed by atoms with E-state index in [1.165, 1.54) is 12.3 Å². The molecule has 0 aliphatic rings. The van der Waals surface area contributed by atoms with Gasteiger partial charge in [0.2, 0.25) is 0 Å². The van der Waals surface area contributed by atoms with Gasteiger partial charge in [-0.15, -0.1) is 0 Å². The first-order valence-corrected chi connectivity index (χ1v) is 6.31. The Kier molecular flexibility index (Phi) is 4.47. The normalized spacial score (nSPS) is 12.2. The van der Waals surface area contributed by atoms with E-state index in [-0.39, 0.29) is 11.5 Å². The van der Waals surface area contributed by atoms with Crippen LogP contribution in [0.3, 0.4) is 0 Å². The number of pyridine rings is 1. The lowest BCUT2D eigenvalue weighted by molar-refractivity contribution is 0.317. The maximum Gasteiger partial charge on any atom is 0.146 e. The predicted molar refractivity (Wildman–Crippen MR) is 72.5 cm³/mol. The SMILES string of the molecule is CCCOc1ccc(C(N)c2ncccc2F)cc1. The summed E-state index contributed by atoms with van der Waals surface area (Å²) in [6.07, 6.45) is 2.50. The van der Waals surface area contributed by atoms with Crippen LogP contribution in [0.1, 0.15) is 30.6 Å². The summed E-state index contributed by atoms with van der Waals surface area (Å²) in [5.74, 6) is 0.403. The lowest BCUT2D eigenvalue weighted by Gasteiger charge is -2.13. The van der Waals surface area contributed by atoms with Crippen molar-refractivity contribution in [1.29, 1.82) is 0 Å². The number of nitrogens with two attached hydrogens (primary N) is 1. The summed E-state index contributed by atoms with van der Waals surface area (Å²) >= 11 is 0. The Labute approximate surface area is 112 Å². The minimum Gasteiger partial charge on any atom is -0.494 e. The molecule has 0 aliphatic carbocycles. The highest BCUT2D eigenvalue weighted by atomic mass is 19.1. The Morgan fingerprint density at radius 3 is 2.63 bits per heavy atom. The summed E-state index contributed by atoms with van der Waals surface area (Å²) in [5.41, 5.74) is 7.09. The maximum atomic E-state index is 13.6. The minimum absolute atomic E-state index is 0.254. The first kappa shape index (κ1) is 13.5. The van der Waals surface area contributed by atoms with Gasteiger partial charge in [-0.05, 0) is 36.2 Å². The zero-order valence-electron chi connectivity index (χ0n) is 10.8. The number of nitrogens with zero attached hydrogens (tertiary/aromatic N) is 1. The third-order valence-corrected chi connectivity index (χ3v) is 2.79. The molecule has 4 heteroatoms. The number of hydrogen-bond donors (Lipinski definition) is 1. The van der Waals surface area contributed by atoms with Gasteiger partial charge in [0.15, 0.2) is 0 Å². The Morgan fingerprint density at radius 1 is 1.26 bits per heavy atom. The molecule has 0 fully saturated rings. The van der Waals surface area contributed by atoms with Crippen molar-refractivity contribution >= 4 is 0 Å². The Morgan fingerprint density at radius 2 is 2.00 bits per heavy atom. The smallest absolute Gasteiger partial charge is 0.146 e. The molecule has 1 heterocycles. The van der Waals surface area contributed by atoms with E-state index in [1.54, 1.807) is 6.07 Å². The van der Waals surface area contributed by atoms with Gasteiger partial charge in [-0.2, -0.15) is 0 Å². The Hall–Kier alpha value is -1.94. The monoisotopic (exact) mass is 260 g/mol. The fourth-order valence-electron chi connectivity index (χ4n) is 1.78. The van der Waals surface area contributed by atoms with Gasteiger partial charge in [-0.25, -0.2) is 4.39 Å². The molecule has 3 nitrogen and oxygen atoms in total. The zero-order chi connectivity index (χ0) is 13.7. The minimum atomic E-state index is -0.568. The van der Waals surface area contributed by atoms with E-state index in [2.05, 4.69) is 4.98 Å². The second-order valence-corrected chi connectivity index (χ2v) is 4.27. The van der Waals surface area contributed by atoms with E-state index in [9.17, 15) is 4.39 Å². The molecular formula is C15H17FN2O. The molecule has 19 heavy (non-hydrogen) atoms. The van der Waals surface area contributed by atoms with Gasteiger partial charge in [0.1, 0.15) is 11.6 Å². The van der Waals surface area contributed by atoms with Crippen LogP contribution in [0, 0.1) is 5.82 Å². The van der Waals surface area contributed by atoms with E-state index >= 15 is 0 Å². The van der Waals surface area contributed by atoms with Crippen molar-refractivity contribution in [3.05, 3.63) is 59.7 Å². The number of halogens is 1. The summed E-state index contributed by atoms with van der Waals surface area (Å²) in [6, 6.07) is 9.69. The first-order valence-electron chi connectivity index (χ1n) is 6.31. The highest BCUT2D eigenvalue weighted by molar-refractivity contribution is 5.33. The van der Waals surface area contributed by atoms with E-state index in [0.717, 1.165) is 17.7 Å². The van der Waals surface area contributed by atoms with Crippen LogP contribution in [0.5, 0.6) is 5.75 Å². The molecule has 0 saturated heterocycles. The van der Waals surface area contributed by atoms with Crippen molar-refractivity contribution in [3.8, 4) is 5.75 Å². The van der Waals surface area contributed by atoms with Crippen LogP contribution in [0.2, 0.25) is 0 Å². The maximum absolute atomic E-state index is 13.6. The molecule has 100 valence electrons. The highest BCUT2D eigenvalue weighted by Gasteiger charge is 2.14. The van der Waals surface area contributed by atoms with Crippen molar-refractivity contribution in [1.82, 2.24) is 4.98 Å². The molecular weight excluding hydrogens is 243 g/mol. The van der Waals surface area contributed by atoms with Crippen molar-refractivity contribution in [3.63, 3.8) is 0 Å². The van der Waals surface area contributed by atoms with Crippen LogP contribution >= 0.6 is 0 Å². The number of aromatic nitrogens is 1. The standard InChI is InChI=1S/C15H17FN2O/c1-2-10-19-12-7-5-11(6-8-12)14(17)15-13(16)4-3-9-18-15/h3-9,14H,2,10,17H2,1H3. The summed E-state index contributed by atoms with van der Waals surface area (Å²) in [6.45, 7) is 2.73. The molecule has 0 aliphatic heterocycles. The van der Waals surface area contributed by atoms with Crippen molar-refractivity contribution in [2.24, 2.45) is 5.73 Å². The van der Waals surface area contributed by atoms with Gasteiger partial charge in [0.05, 0.1) is 18.3 Å². The number of rotatable bonds is 5. The number of benzene rings is 1. The van der Waals surface area contributed by atoms with E-state index in [1.807, 2.05) is 31.2 Å². The van der Waals surface area contributed by atoms with Crippen LogP contribution in [-0.2, 0) is 0 Å². The molecule has 0 radical (unpaired) electrons. The molecule has 1 aromatic carbocycles. The average molecular weight is 260 g/mol. The second-order valence-electron chi connectivity index (χ2n) is 4.27. The van der Waals surface area contributed by atoms with Crippen LogP contribution < -0.4 is 10.5 Å². The molecule has 0 amide bonds. The molecule has 1 unspecified atom stereocenters. The molecule has 0 saturated carbocycles. The summed E-state index contributed by atoms with van der Waals surface area (Å²) in [5, 5.41) is 0. The van der Waals surface area contributed by atoms with Gasteiger partial charge in [0, 0.05) is 6.20 Å². The molecule has 1 atom stereocenters. The lowest BCUT2D eigenvalue weighted by atomic mass is 10.0. The Balaban J connectivity index is 2.16. The Bertz CT molecular complexity index is 528. The quantitative estimate of drug-likeness (QED) is 0.898. The van der Waals surface area contributed by atoms with Crippen molar-refractivity contribution in [2.45, 2.75) is 19.4 Å². The van der Waals surface area contributed by atoms with E-state index in [0.29, 0.717) is 6.61 Å². The first-order chi connectivity index (χ1) is 9.22. The van der Waals surface area contributed by atoms with Gasteiger partial charge in [0.25, 0.3) is 0 Å². The fourth-order valence-corrected chi connectivity index (χ4v) is 1.78. The zero-order valence-corrected chi connectivity index (χ0v) is 10.8. The molecule has 2 N–H and O–H groups in total. The lowest BCUT2D eigenvalue weighted by Crippen LogP contribution is -2.15. The molecule has 1 aromatic heterocycles. The van der Waals surface area contributed by atoms with E-state index < -0.39 is 6.04 Å². The molecule has 0 bridgehead atoms. The van der Waals surface area contributed by atoms with Crippen molar-refractivity contribution in [2.75, 3.05) is 6.61 Å². The second kappa shape index (κ2) is 6.29. The van der Waals surface area contributed by atoms with Gasteiger partial charge >= 0.3 is 0 Å². The average Bonchev–Trinajstić information content (AvgIpc) is 2.45. The van der Waals surface area contributed by atoms with Gasteiger partial charge in [-0.3, -0.25) is 4.98 Å². The summed E-state index contributed by atoms with van der Waals surface area (Å²) in [7, 11) is 0. The molecule has 0 spiro atoms. The third kappa shape index (κ3) is 3.29. The topological polar surface area (TPSA) is 48.1 Å². The van der Waals surface area contributed by atoms with Crippen LogP contribution in [0.4, 0.5) is 4.39 Å². The predicted octanol–water partition coefficient (Wildman–Crippen LogP) is 3.06. The highest BCUT2D eigenvalue weighted by Crippen LogP contribution is 2.22. The van der Waals surface area contributed by atoms with Gasteiger partial charge in [-0.1, -0.05) is 19.1 Å². The van der Waals surface area contributed by atoms with Crippen LogP contribution in [0.25, 0.3) is 0 Å². The summed E-state index contributed by atoms with van der Waals surface area (Å²) < 4.78 is 19.1. The largest absolute Gasteiger partial charge is 0.494 e. The van der Waals surface area contributed by atoms with Gasteiger partial charge < -0.3 is 10.5 Å². The molecule has 2 rings (SSSR count). The molecule has 2 aromatic rings. The third-order valence-electron chi connectivity index (χ3n) is 2.79. The fraction of sp³-hybridized carbons (Fsp3) is 0.267. The number of hydrogen-bond acceptors (Lipinski definition) is 3. The van der Waals surface area contributed by atoms with Crippen molar-refractivity contribution < 1.29 is 9.13 Å².